The Balaban J connectivity index is 2.55. The second kappa shape index (κ2) is 4.39. The molecular formula is C12H12BNO2. The predicted octanol–water partition coefficient (Wildman–Crippen LogP) is 0.616. The van der Waals surface area contributed by atoms with Crippen molar-refractivity contribution in [3.8, 4) is 11.1 Å². The highest BCUT2D eigenvalue weighted by Gasteiger charge is 2.15. The number of anilines is 1. The van der Waals surface area contributed by atoms with Crippen molar-refractivity contribution in [1.82, 2.24) is 0 Å². The number of rotatable bonds is 2. The van der Waals surface area contributed by atoms with Gasteiger partial charge in [0.15, 0.2) is 0 Å². The zero-order chi connectivity index (χ0) is 11.5. The molecule has 3 nitrogen and oxygen atoms in total. The lowest BCUT2D eigenvalue weighted by molar-refractivity contribution is 0.426. The smallest absolute Gasteiger partial charge is 0.423 e. The molecule has 2 aromatic carbocycles. The van der Waals surface area contributed by atoms with Gasteiger partial charge < -0.3 is 15.8 Å². The van der Waals surface area contributed by atoms with Crippen molar-refractivity contribution in [2.45, 2.75) is 0 Å². The molecule has 2 rings (SSSR count). The van der Waals surface area contributed by atoms with E-state index < -0.39 is 7.12 Å². The molecule has 4 N–H and O–H groups in total. The van der Waals surface area contributed by atoms with Gasteiger partial charge in [-0.1, -0.05) is 36.4 Å². The van der Waals surface area contributed by atoms with Gasteiger partial charge in [-0.25, -0.2) is 0 Å². The van der Waals surface area contributed by atoms with Crippen LogP contribution in [0.3, 0.4) is 0 Å². The van der Waals surface area contributed by atoms with E-state index in [-0.39, 0.29) is 0 Å². The van der Waals surface area contributed by atoms with Crippen LogP contribution in [0.1, 0.15) is 0 Å². The van der Waals surface area contributed by atoms with Crippen LogP contribution in [0.5, 0.6) is 0 Å². The van der Waals surface area contributed by atoms with Crippen molar-refractivity contribution < 1.29 is 10.0 Å². The Bertz CT molecular complexity index is 500. The van der Waals surface area contributed by atoms with Crippen LogP contribution < -0.4 is 11.2 Å². The van der Waals surface area contributed by atoms with Crippen LogP contribution in [0, 0.1) is 0 Å². The van der Waals surface area contributed by atoms with Crippen molar-refractivity contribution >= 4 is 18.3 Å². The molecule has 0 aliphatic rings. The maximum atomic E-state index is 9.26. The lowest BCUT2D eigenvalue weighted by Crippen LogP contribution is -2.31. The van der Waals surface area contributed by atoms with E-state index in [1.807, 2.05) is 24.3 Å². The van der Waals surface area contributed by atoms with Gasteiger partial charge >= 0.3 is 7.12 Å². The Labute approximate surface area is 94.3 Å². The molecule has 80 valence electrons. The quantitative estimate of drug-likeness (QED) is 0.505. The van der Waals surface area contributed by atoms with Gasteiger partial charge in [-0.3, -0.25) is 0 Å². The first-order valence-electron chi connectivity index (χ1n) is 4.99. The topological polar surface area (TPSA) is 66.5 Å². The number of benzene rings is 2. The number of nitrogen functional groups attached to an aromatic ring is 1. The third-order valence-corrected chi connectivity index (χ3v) is 2.44. The van der Waals surface area contributed by atoms with E-state index in [0.29, 0.717) is 11.2 Å². The summed E-state index contributed by atoms with van der Waals surface area (Å²) in [7, 11) is -1.47. The van der Waals surface area contributed by atoms with E-state index in [2.05, 4.69) is 0 Å². The fourth-order valence-corrected chi connectivity index (χ4v) is 1.69. The van der Waals surface area contributed by atoms with Crippen LogP contribution in [-0.2, 0) is 0 Å². The average molecular weight is 213 g/mol. The lowest BCUT2D eigenvalue weighted by atomic mass is 9.75. The zero-order valence-corrected chi connectivity index (χ0v) is 8.67. The highest BCUT2D eigenvalue weighted by Crippen LogP contribution is 2.19. The molecule has 0 saturated heterocycles. The van der Waals surface area contributed by atoms with Crippen LogP contribution in [-0.4, -0.2) is 17.2 Å². The molecule has 0 aliphatic heterocycles. The fraction of sp³-hybridized carbons (Fsp3) is 0. The van der Waals surface area contributed by atoms with Crippen molar-refractivity contribution in [2.75, 3.05) is 5.73 Å². The summed E-state index contributed by atoms with van der Waals surface area (Å²) in [6.07, 6.45) is 0. The van der Waals surface area contributed by atoms with Crippen LogP contribution in [0.2, 0.25) is 0 Å². The average Bonchev–Trinajstić information content (AvgIpc) is 2.29. The Morgan fingerprint density at radius 2 is 1.69 bits per heavy atom. The maximum Gasteiger partial charge on any atom is 0.489 e. The molecule has 0 heterocycles. The fourth-order valence-electron chi connectivity index (χ4n) is 1.69. The monoisotopic (exact) mass is 213 g/mol. The van der Waals surface area contributed by atoms with Crippen LogP contribution in [0.25, 0.3) is 11.1 Å². The first-order valence-corrected chi connectivity index (χ1v) is 4.99. The summed E-state index contributed by atoms with van der Waals surface area (Å²) < 4.78 is 0. The SMILES string of the molecule is Nc1cccc(-c2ccccc2B(O)O)c1. The molecule has 4 heteroatoms. The first-order chi connectivity index (χ1) is 7.68. The largest absolute Gasteiger partial charge is 0.489 e. The Kier molecular flexibility index (Phi) is 2.94. The van der Waals surface area contributed by atoms with Crippen molar-refractivity contribution in [1.29, 1.82) is 0 Å². The minimum atomic E-state index is -1.47. The summed E-state index contributed by atoms with van der Waals surface area (Å²) in [5.74, 6) is 0. The molecule has 0 radical (unpaired) electrons. The molecule has 2 aromatic rings. The van der Waals surface area contributed by atoms with Crippen molar-refractivity contribution in [3.05, 3.63) is 48.5 Å². The molecule has 0 aromatic heterocycles. The second-order valence-electron chi connectivity index (χ2n) is 3.59. The summed E-state index contributed by atoms with van der Waals surface area (Å²) in [6.45, 7) is 0. The third-order valence-electron chi connectivity index (χ3n) is 2.44. The molecule has 0 saturated carbocycles. The van der Waals surface area contributed by atoms with E-state index in [1.54, 1.807) is 24.3 Å². The molecular weight excluding hydrogens is 201 g/mol. The minimum absolute atomic E-state index is 0.480. The molecule has 0 unspecified atom stereocenters. The van der Waals surface area contributed by atoms with E-state index in [0.717, 1.165) is 11.1 Å². The van der Waals surface area contributed by atoms with Crippen LogP contribution in [0.15, 0.2) is 48.5 Å². The van der Waals surface area contributed by atoms with Gasteiger partial charge in [-0.2, -0.15) is 0 Å². The molecule has 0 spiro atoms. The van der Waals surface area contributed by atoms with Crippen LogP contribution in [0.4, 0.5) is 5.69 Å². The van der Waals surface area contributed by atoms with Crippen molar-refractivity contribution in [3.63, 3.8) is 0 Å². The number of hydrogen-bond donors (Lipinski definition) is 3. The first kappa shape index (κ1) is 10.7. The summed E-state index contributed by atoms with van der Waals surface area (Å²) in [5.41, 5.74) is 8.49. The standard InChI is InChI=1S/C12H12BNO2/c14-10-5-3-4-9(8-10)11-6-1-2-7-12(11)13(15)16/h1-8,15-16H,14H2. The van der Waals surface area contributed by atoms with E-state index in [1.165, 1.54) is 0 Å². The molecule has 0 atom stereocenters. The summed E-state index contributed by atoms with van der Waals surface area (Å²) in [4.78, 5) is 0. The summed E-state index contributed by atoms with van der Waals surface area (Å²) >= 11 is 0. The van der Waals surface area contributed by atoms with Gasteiger partial charge in [-0.15, -0.1) is 0 Å². The maximum absolute atomic E-state index is 9.26. The number of nitrogens with two attached hydrogens (primary N) is 1. The van der Waals surface area contributed by atoms with Gasteiger partial charge in [0.2, 0.25) is 0 Å². The number of hydrogen-bond acceptors (Lipinski definition) is 3. The zero-order valence-electron chi connectivity index (χ0n) is 8.67. The molecule has 0 bridgehead atoms. The van der Waals surface area contributed by atoms with Gasteiger partial charge in [0.25, 0.3) is 0 Å². The molecule has 0 aliphatic carbocycles. The normalized spacial score (nSPS) is 10.1. The highest BCUT2D eigenvalue weighted by atomic mass is 16.4. The highest BCUT2D eigenvalue weighted by molar-refractivity contribution is 6.60. The molecule has 0 fully saturated rings. The Morgan fingerprint density at radius 1 is 0.938 bits per heavy atom. The molecule has 0 amide bonds. The van der Waals surface area contributed by atoms with E-state index >= 15 is 0 Å². The van der Waals surface area contributed by atoms with Gasteiger partial charge in [0.05, 0.1) is 0 Å². The Morgan fingerprint density at radius 3 is 2.38 bits per heavy atom. The van der Waals surface area contributed by atoms with E-state index in [9.17, 15) is 10.0 Å². The minimum Gasteiger partial charge on any atom is -0.423 e. The Hall–Kier alpha value is -1.78. The lowest BCUT2D eigenvalue weighted by Gasteiger charge is -2.09. The van der Waals surface area contributed by atoms with Gasteiger partial charge in [-0.05, 0) is 28.7 Å². The van der Waals surface area contributed by atoms with Crippen LogP contribution >= 0.6 is 0 Å². The van der Waals surface area contributed by atoms with Gasteiger partial charge in [0.1, 0.15) is 0 Å². The van der Waals surface area contributed by atoms with Gasteiger partial charge in [0, 0.05) is 5.69 Å². The second-order valence-corrected chi connectivity index (χ2v) is 3.59. The molecule has 16 heavy (non-hydrogen) atoms. The van der Waals surface area contributed by atoms with E-state index in [4.69, 9.17) is 5.73 Å². The summed E-state index contributed by atoms with van der Waals surface area (Å²) in [6, 6.07) is 14.5. The summed E-state index contributed by atoms with van der Waals surface area (Å²) in [5, 5.41) is 18.5. The third kappa shape index (κ3) is 2.08. The predicted molar refractivity (Wildman–Crippen MR) is 66.1 cm³/mol. The van der Waals surface area contributed by atoms with Crippen molar-refractivity contribution in [2.24, 2.45) is 0 Å².